The van der Waals surface area contributed by atoms with Crippen LogP contribution in [0.5, 0.6) is 0 Å². The molecular formula is C19H12N4. The number of para-hydroxylation sites is 1. The minimum absolute atomic E-state index is 0.874. The van der Waals surface area contributed by atoms with Crippen molar-refractivity contribution in [2.24, 2.45) is 0 Å². The van der Waals surface area contributed by atoms with E-state index in [4.69, 9.17) is 0 Å². The van der Waals surface area contributed by atoms with Gasteiger partial charge in [0.25, 0.3) is 0 Å². The first-order chi connectivity index (χ1) is 11.4. The highest BCUT2D eigenvalue weighted by molar-refractivity contribution is 6.17. The van der Waals surface area contributed by atoms with Gasteiger partial charge in [-0.05, 0) is 6.07 Å². The van der Waals surface area contributed by atoms with E-state index in [1.54, 1.807) is 18.6 Å². The molecule has 0 spiro atoms. The van der Waals surface area contributed by atoms with Crippen LogP contribution >= 0.6 is 0 Å². The Bertz CT molecular complexity index is 1160. The van der Waals surface area contributed by atoms with Crippen molar-refractivity contribution in [3.63, 3.8) is 0 Å². The Morgan fingerprint density at radius 3 is 2.61 bits per heavy atom. The number of aromatic nitrogens is 4. The van der Waals surface area contributed by atoms with Crippen LogP contribution in [0.15, 0.2) is 73.4 Å². The van der Waals surface area contributed by atoms with Gasteiger partial charge >= 0.3 is 0 Å². The number of fused-ring (bicyclic) bond motifs is 6. The average molecular weight is 296 g/mol. The van der Waals surface area contributed by atoms with Crippen molar-refractivity contribution in [3.05, 3.63) is 73.4 Å². The van der Waals surface area contributed by atoms with Crippen LogP contribution in [0.4, 0.5) is 0 Å². The van der Waals surface area contributed by atoms with Gasteiger partial charge in [0.2, 0.25) is 0 Å². The molecule has 0 atom stereocenters. The summed E-state index contributed by atoms with van der Waals surface area (Å²) in [6.45, 7) is 0. The summed E-state index contributed by atoms with van der Waals surface area (Å²) in [6.07, 6.45) is 9.07. The molecule has 4 heteroatoms. The van der Waals surface area contributed by atoms with Crippen molar-refractivity contribution < 1.29 is 0 Å². The van der Waals surface area contributed by atoms with E-state index in [0.717, 1.165) is 27.8 Å². The number of benzene rings is 2. The number of hydrogen-bond acceptors (Lipinski definition) is 3. The summed E-state index contributed by atoms with van der Waals surface area (Å²) in [5.74, 6) is 0. The Morgan fingerprint density at radius 2 is 1.70 bits per heavy atom. The van der Waals surface area contributed by atoms with Crippen LogP contribution in [0, 0.1) is 0 Å². The molecule has 5 aromatic rings. The Kier molecular flexibility index (Phi) is 2.46. The fourth-order valence-corrected chi connectivity index (χ4v) is 3.27. The third-order valence-electron chi connectivity index (χ3n) is 4.22. The molecular weight excluding hydrogens is 284 g/mol. The topological polar surface area (TPSA) is 43.1 Å². The lowest BCUT2D eigenvalue weighted by atomic mass is 9.99. The van der Waals surface area contributed by atoms with E-state index >= 15 is 0 Å². The van der Waals surface area contributed by atoms with Gasteiger partial charge in [-0.3, -0.25) is 14.4 Å². The maximum Gasteiger partial charge on any atom is 0.145 e. The van der Waals surface area contributed by atoms with Crippen molar-refractivity contribution in [3.8, 4) is 11.3 Å². The first kappa shape index (κ1) is 12.3. The summed E-state index contributed by atoms with van der Waals surface area (Å²) >= 11 is 0. The summed E-state index contributed by atoms with van der Waals surface area (Å²) in [5.41, 5.74) is 4.06. The number of hydrogen-bond donors (Lipinski definition) is 0. The van der Waals surface area contributed by atoms with Crippen molar-refractivity contribution in [1.82, 2.24) is 19.4 Å². The lowest BCUT2D eigenvalue weighted by Crippen LogP contribution is -1.93. The normalized spacial score (nSPS) is 11.5. The molecule has 0 N–H and O–H groups in total. The Hall–Kier alpha value is -3.27. The quantitative estimate of drug-likeness (QED) is 0.437. The van der Waals surface area contributed by atoms with Crippen molar-refractivity contribution in [2.45, 2.75) is 0 Å². The van der Waals surface area contributed by atoms with E-state index in [1.807, 2.05) is 12.4 Å². The van der Waals surface area contributed by atoms with E-state index in [2.05, 4.69) is 61.8 Å². The smallest absolute Gasteiger partial charge is 0.145 e. The Balaban J connectivity index is 2.08. The van der Waals surface area contributed by atoms with Gasteiger partial charge in [0.05, 0.1) is 17.4 Å². The molecule has 23 heavy (non-hydrogen) atoms. The second-order valence-electron chi connectivity index (χ2n) is 5.46. The zero-order valence-electron chi connectivity index (χ0n) is 12.2. The summed E-state index contributed by atoms with van der Waals surface area (Å²) < 4.78 is 2.14. The van der Waals surface area contributed by atoms with Gasteiger partial charge in [-0.2, -0.15) is 0 Å². The number of imidazole rings is 1. The van der Waals surface area contributed by atoms with Crippen LogP contribution in [-0.2, 0) is 0 Å². The molecule has 3 heterocycles. The molecule has 0 saturated carbocycles. The first-order valence-corrected chi connectivity index (χ1v) is 7.46. The predicted molar refractivity (Wildman–Crippen MR) is 91.2 cm³/mol. The number of rotatable bonds is 1. The van der Waals surface area contributed by atoms with Crippen LogP contribution < -0.4 is 0 Å². The fourth-order valence-electron chi connectivity index (χ4n) is 3.27. The van der Waals surface area contributed by atoms with Gasteiger partial charge in [-0.1, -0.05) is 36.4 Å². The number of nitrogens with zero attached hydrogens (tertiary/aromatic N) is 4. The van der Waals surface area contributed by atoms with Crippen LogP contribution in [-0.4, -0.2) is 19.4 Å². The third kappa shape index (κ3) is 1.69. The fraction of sp³-hybridized carbons (Fsp3) is 0. The molecule has 0 amide bonds. The minimum atomic E-state index is 0.874. The van der Waals surface area contributed by atoms with Crippen LogP contribution in [0.25, 0.3) is 38.6 Å². The van der Waals surface area contributed by atoms with Gasteiger partial charge in [0.1, 0.15) is 5.65 Å². The second kappa shape index (κ2) is 4.61. The van der Waals surface area contributed by atoms with Crippen LogP contribution in [0.2, 0.25) is 0 Å². The van der Waals surface area contributed by atoms with E-state index in [0.29, 0.717) is 0 Å². The lowest BCUT2D eigenvalue weighted by Gasteiger charge is -2.11. The molecule has 0 aliphatic heterocycles. The van der Waals surface area contributed by atoms with E-state index in [-0.39, 0.29) is 0 Å². The van der Waals surface area contributed by atoms with Crippen LogP contribution in [0.3, 0.4) is 0 Å². The maximum absolute atomic E-state index is 4.56. The summed E-state index contributed by atoms with van der Waals surface area (Å²) in [4.78, 5) is 13.3. The zero-order valence-corrected chi connectivity index (χ0v) is 12.2. The van der Waals surface area contributed by atoms with E-state index < -0.39 is 0 Å². The molecule has 0 saturated heterocycles. The minimum Gasteiger partial charge on any atom is -0.299 e. The van der Waals surface area contributed by atoms with Gasteiger partial charge < -0.3 is 0 Å². The van der Waals surface area contributed by atoms with Crippen LogP contribution in [0.1, 0.15) is 0 Å². The van der Waals surface area contributed by atoms with E-state index in [9.17, 15) is 0 Å². The molecule has 0 aliphatic carbocycles. The van der Waals surface area contributed by atoms with Gasteiger partial charge in [-0.25, -0.2) is 4.98 Å². The molecule has 108 valence electrons. The molecule has 0 radical (unpaired) electrons. The van der Waals surface area contributed by atoms with Gasteiger partial charge in [0, 0.05) is 46.5 Å². The Morgan fingerprint density at radius 1 is 0.783 bits per heavy atom. The van der Waals surface area contributed by atoms with Gasteiger partial charge in [-0.15, -0.1) is 0 Å². The SMILES string of the molecule is c1ccc2c(c1)c1c(-c3cnccn3)cccc1c1nccn21. The summed E-state index contributed by atoms with van der Waals surface area (Å²) in [7, 11) is 0. The molecule has 0 bridgehead atoms. The zero-order chi connectivity index (χ0) is 15.2. The lowest BCUT2D eigenvalue weighted by molar-refractivity contribution is 1.21. The number of pyridine rings is 1. The largest absolute Gasteiger partial charge is 0.299 e. The van der Waals surface area contributed by atoms with Gasteiger partial charge in [0.15, 0.2) is 0 Å². The standard InChI is InChI=1S/C19H12N4/c1-2-7-17-14(4-1)18-13(16-12-20-8-9-21-16)5-3-6-15(18)19-22-10-11-23(17)19/h1-12H. The highest BCUT2D eigenvalue weighted by atomic mass is 15.0. The molecule has 0 fully saturated rings. The molecule has 0 unspecified atom stereocenters. The molecule has 2 aromatic carbocycles. The molecule has 3 aromatic heterocycles. The first-order valence-electron chi connectivity index (χ1n) is 7.46. The highest BCUT2D eigenvalue weighted by Crippen LogP contribution is 2.35. The van der Waals surface area contributed by atoms with E-state index in [1.165, 1.54) is 10.8 Å². The van der Waals surface area contributed by atoms with Crippen molar-refractivity contribution in [2.75, 3.05) is 0 Å². The summed E-state index contributed by atoms with van der Waals surface area (Å²) in [5, 5.41) is 3.48. The third-order valence-corrected chi connectivity index (χ3v) is 4.22. The highest BCUT2D eigenvalue weighted by Gasteiger charge is 2.13. The average Bonchev–Trinajstić information content (AvgIpc) is 3.12. The second-order valence-corrected chi connectivity index (χ2v) is 5.46. The van der Waals surface area contributed by atoms with Crippen molar-refractivity contribution >= 4 is 27.3 Å². The maximum atomic E-state index is 4.56. The summed E-state index contributed by atoms with van der Waals surface area (Å²) in [6, 6.07) is 14.7. The van der Waals surface area contributed by atoms with Crippen molar-refractivity contribution in [1.29, 1.82) is 0 Å². The molecule has 4 nitrogen and oxygen atoms in total. The molecule has 5 rings (SSSR count). The molecule has 0 aliphatic rings. The predicted octanol–water partition coefficient (Wildman–Crippen LogP) is 4.10. The Labute approximate surface area is 132 Å². The monoisotopic (exact) mass is 296 g/mol.